The first-order valence-corrected chi connectivity index (χ1v) is 6.05. The van der Waals surface area contributed by atoms with E-state index in [0.29, 0.717) is 17.4 Å². The number of ether oxygens (including phenoxy) is 1. The van der Waals surface area contributed by atoms with E-state index in [4.69, 9.17) is 9.15 Å². The molecular formula is C13H10N4O4. The van der Waals surface area contributed by atoms with Crippen LogP contribution in [-0.4, -0.2) is 20.1 Å². The van der Waals surface area contributed by atoms with E-state index in [0.717, 1.165) is 0 Å². The molecule has 3 rings (SSSR count). The molecule has 0 aliphatic carbocycles. The number of furan rings is 1. The third-order valence-corrected chi connectivity index (χ3v) is 2.70. The van der Waals surface area contributed by atoms with Crippen molar-refractivity contribution >= 4 is 5.69 Å². The van der Waals surface area contributed by atoms with Crippen LogP contribution in [0.5, 0.6) is 5.75 Å². The Morgan fingerprint density at radius 3 is 2.90 bits per heavy atom. The predicted molar refractivity (Wildman–Crippen MR) is 71.5 cm³/mol. The van der Waals surface area contributed by atoms with Crippen LogP contribution in [0.3, 0.4) is 0 Å². The number of benzene rings is 1. The zero-order valence-corrected chi connectivity index (χ0v) is 10.7. The highest BCUT2D eigenvalue weighted by molar-refractivity contribution is 5.46. The molecule has 2 aromatic heterocycles. The number of nitro groups is 1. The Morgan fingerprint density at radius 2 is 2.14 bits per heavy atom. The van der Waals surface area contributed by atoms with Crippen molar-refractivity contribution in [3.05, 3.63) is 58.6 Å². The monoisotopic (exact) mass is 286 g/mol. The average molecular weight is 286 g/mol. The highest BCUT2D eigenvalue weighted by Gasteiger charge is 2.15. The van der Waals surface area contributed by atoms with Gasteiger partial charge in [-0.25, -0.2) is 4.98 Å². The molecule has 0 spiro atoms. The lowest BCUT2D eigenvalue weighted by molar-refractivity contribution is -0.385. The second-order valence-electron chi connectivity index (χ2n) is 4.10. The second-order valence-corrected chi connectivity index (χ2v) is 4.10. The highest BCUT2D eigenvalue weighted by atomic mass is 16.6. The second kappa shape index (κ2) is 5.45. The molecule has 0 fully saturated rings. The molecule has 0 saturated carbocycles. The van der Waals surface area contributed by atoms with Gasteiger partial charge in [0.25, 0.3) is 0 Å². The molecule has 0 saturated heterocycles. The Morgan fingerprint density at radius 1 is 1.29 bits per heavy atom. The third kappa shape index (κ3) is 2.73. The zero-order chi connectivity index (χ0) is 14.7. The standard InChI is InChI=1S/C13H10N4O4/c18-17(19)9-4-1-2-5-10(9)21-8-12-14-13(16-15-12)11-6-3-7-20-11/h1-7H,8H2,(H,14,15,16). The van der Waals surface area contributed by atoms with Gasteiger partial charge in [-0.15, -0.1) is 5.10 Å². The summed E-state index contributed by atoms with van der Waals surface area (Å²) in [4.78, 5) is 14.6. The van der Waals surface area contributed by atoms with E-state index in [1.807, 2.05) is 0 Å². The highest BCUT2D eigenvalue weighted by Crippen LogP contribution is 2.26. The topological polar surface area (TPSA) is 107 Å². The van der Waals surface area contributed by atoms with Gasteiger partial charge in [0.1, 0.15) is 6.61 Å². The Kier molecular flexibility index (Phi) is 3.34. The number of hydrogen-bond acceptors (Lipinski definition) is 6. The van der Waals surface area contributed by atoms with E-state index in [2.05, 4.69) is 15.2 Å². The Balaban J connectivity index is 1.73. The predicted octanol–water partition coefficient (Wildman–Crippen LogP) is 2.55. The zero-order valence-electron chi connectivity index (χ0n) is 10.7. The van der Waals surface area contributed by atoms with Gasteiger partial charge in [-0.2, -0.15) is 0 Å². The van der Waals surface area contributed by atoms with Crippen LogP contribution in [-0.2, 0) is 6.61 Å². The van der Waals surface area contributed by atoms with Gasteiger partial charge in [0.15, 0.2) is 17.3 Å². The number of rotatable bonds is 5. The molecule has 0 aliphatic heterocycles. The smallest absolute Gasteiger partial charge is 0.310 e. The van der Waals surface area contributed by atoms with E-state index in [9.17, 15) is 10.1 Å². The maximum atomic E-state index is 10.9. The van der Waals surface area contributed by atoms with Crippen LogP contribution >= 0.6 is 0 Å². The fourth-order valence-corrected chi connectivity index (χ4v) is 1.75. The van der Waals surface area contributed by atoms with Crippen molar-refractivity contribution < 1.29 is 14.1 Å². The van der Waals surface area contributed by atoms with Crippen molar-refractivity contribution in [1.82, 2.24) is 15.2 Å². The summed E-state index contributed by atoms with van der Waals surface area (Å²) < 4.78 is 10.6. The van der Waals surface area contributed by atoms with Gasteiger partial charge in [0.05, 0.1) is 11.2 Å². The fourth-order valence-electron chi connectivity index (χ4n) is 1.75. The van der Waals surface area contributed by atoms with Crippen LogP contribution in [0.1, 0.15) is 5.82 Å². The molecule has 106 valence electrons. The number of nitrogens with zero attached hydrogens (tertiary/aromatic N) is 3. The van der Waals surface area contributed by atoms with Gasteiger partial charge in [0, 0.05) is 6.07 Å². The molecule has 0 amide bonds. The molecule has 0 bridgehead atoms. The van der Waals surface area contributed by atoms with Crippen LogP contribution in [0.2, 0.25) is 0 Å². The number of nitro benzene ring substituents is 1. The lowest BCUT2D eigenvalue weighted by atomic mass is 10.3. The number of H-pyrrole nitrogens is 1. The van der Waals surface area contributed by atoms with E-state index < -0.39 is 4.92 Å². The van der Waals surface area contributed by atoms with Crippen LogP contribution in [0.15, 0.2) is 47.1 Å². The molecule has 1 aromatic carbocycles. The Hall–Kier alpha value is -3.16. The quantitative estimate of drug-likeness (QED) is 0.570. The molecule has 0 aliphatic rings. The minimum absolute atomic E-state index is 0.0402. The van der Waals surface area contributed by atoms with Crippen molar-refractivity contribution in [3.8, 4) is 17.3 Å². The summed E-state index contributed by atoms with van der Waals surface area (Å²) in [5.41, 5.74) is -0.0942. The summed E-state index contributed by atoms with van der Waals surface area (Å²) in [7, 11) is 0. The van der Waals surface area contributed by atoms with Gasteiger partial charge in [-0.05, 0) is 18.2 Å². The summed E-state index contributed by atoms with van der Waals surface area (Å²) >= 11 is 0. The lowest BCUT2D eigenvalue weighted by Crippen LogP contribution is -2.00. The normalized spacial score (nSPS) is 10.5. The third-order valence-electron chi connectivity index (χ3n) is 2.70. The van der Waals surface area contributed by atoms with Gasteiger partial charge >= 0.3 is 5.69 Å². The molecule has 0 radical (unpaired) electrons. The lowest BCUT2D eigenvalue weighted by Gasteiger charge is -2.03. The van der Waals surface area contributed by atoms with Crippen molar-refractivity contribution in [2.45, 2.75) is 6.61 Å². The number of aromatic nitrogens is 3. The van der Waals surface area contributed by atoms with Gasteiger partial charge in [-0.1, -0.05) is 12.1 Å². The number of para-hydroxylation sites is 2. The molecule has 2 heterocycles. The SMILES string of the molecule is O=[N+]([O-])c1ccccc1OCc1nc(-c2ccco2)n[nH]1. The number of hydrogen-bond donors (Lipinski definition) is 1. The minimum atomic E-state index is -0.496. The van der Waals surface area contributed by atoms with E-state index in [-0.39, 0.29) is 18.0 Å². The molecular weight excluding hydrogens is 276 g/mol. The Bertz CT molecular complexity index is 751. The molecule has 0 unspecified atom stereocenters. The number of aromatic amines is 1. The van der Waals surface area contributed by atoms with Crippen LogP contribution < -0.4 is 4.74 Å². The summed E-state index contributed by atoms with van der Waals surface area (Å²) in [5, 5.41) is 17.6. The van der Waals surface area contributed by atoms with Crippen molar-refractivity contribution in [1.29, 1.82) is 0 Å². The van der Waals surface area contributed by atoms with Crippen LogP contribution in [0.4, 0.5) is 5.69 Å². The summed E-state index contributed by atoms with van der Waals surface area (Å²) in [6.45, 7) is 0.0402. The average Bonchev–Trinajstić information content (AvgIpc) is 3.16. The fraction of sp³-hybridized carbons (Fsp3) is 0.0769. The maximum Gasteiger partial charge on any atom is 0.310 e. The first kappa shape index (κ1) is 12.9. The van der Waals surface area contributed by atoms with E-state index in [1.54, 1.807) is 24.3 Å². The van der Waals surface area contributed by atoms with E-state index >= 15 is 0 Å². The minimum Gasteiger partial charge on any atom is -0.479 e. The molecule has 8 nitrogen and oxygen atoms in total. The summed E-state index contributed by atoms with van der Waals surface area (Å²) in [5.74, 6) is 1.56. The largest absolute Gasteiger partial charge is 0.479 e. The maximum absolute atomic E-state index is 10.9. The molecule has 3 aromatic rings. The summed E-state index contributed by atoms with van der Waals surface area (Å²) in [6.07, 6.45) is 1.52. The van der Waals surface area contributed by atoms with Gasteiger partial charge in [0.2, 0.25) is 5.82 Å². The number of nitrogens with one attached hydrogen (secondary N) is 1. The van der Waals surface area contributed by atoms with Gasteiger partial charge < -0.3 is 9.15 Å². The van der Waals surface area contributed by atoms with E-state index in [1.165, 1.54) is 18.4 Å². The van der Waals surface area contributed by atoms with Crippen molar-refractivity contribution in [2.75, 3.05) is 0 Å². The molecule has 1 N–H and O–H groups in total. The van der Waals surface area contributed by atoms with Crippen molar-refractivity contribution in [3.63, 3.8) is 0 Å². The molecule has 8 heteroatoms. The molecule has 0 atom stereocenters. The van der Waals surface area contributed by atoms with Crippen LogP contribution in [0.25, 0.3) is 11.6 Å². The van der Waals surface area contributed by atoms with Gasteiger partial charge in [-0.3, -0.25) is 15.2 Å². The summed E-state index contributed by atoms with van der Waals surface area (Å²) in [6, 6.07) is 9.61. The Labute approximate surface area is 118 Å². The van der Waals surface area contributed by atoms with Crippen LogP contribution in [0, 0.1) is 10.1 Å². The first-order valence-electron chi connectivity index (χ1n) is 6.05. The molecule has 21 heavy (non-hydrogen) atoms. The van der Waals surface area contributed by atoms with Crippen molar-refractivity contribution in [2.24, 2.45) is 0 Å². The first-order chi connectivity index (χ1) is 10.2.